The molecular formula is C13H20N2O. The fourth-order valence-corrected chi connectivity index (χ4v) is 2.63. The number of aliphatic hydroxyl groups is 1. The smallest absolute Gasteiger partial charge is 0.0966 e. The van der Waals surface area contributed by atoms with Gasteiger partial charge in [-0.2, -0.15) is 0 Å². The highest BCUT2D eigenvalue weighted by atomic mass is 16.3. The first kappa shape index (κ1) is 11.4. The van der Waals surface area contributed by atoms with Crippen LogP contribution in [0.3, 0.4) is 0 Å². The molecule has 3 nitrogen and oxygen atoms in total. The Bertz CT molecular complexity index is 401. The van der Waals surface area contributed by atoms with Crippen molar-refractivity contribution in [1.29, 1.82) is 0 Å². The van der Waals surface area contributed by atoms with Gasteiger partial charge in [-0.25, -0.2) is 0 Å². The molecule has 1 aromatic rings. The van der Waals surface area contributed by atoms with E-state index in [2.05, 4.69) is 4.98 Å². The van der Waals surface area contributed by atoms with Crippen LogP contribution in [0.2, 0.25) is 0 Å². The van der Waals surface area contributed by atoms with E-state index in [1.807, 2.05) is 13.8 Å². The van der Waals surface area contributed by atoms with Crippen LogP contribution in [0.4, 0.5) is 5.69 Å². The summed E-state index contributed by atoms with van der Waals surface area (Å²) in [5, 5.41) is 9.72. The van der Waals surface area contributed by atoms with Crippen molar-refractivity contribution in [1.82, 2.24) is 4.98 Å². The molecular weight excluding hydrogens is 200 g/mol. The van der Waals surface area contributed by atoms with Crippen molar-refractivity contribution in [2.45, 2.75) is 52.1 Å². The summed E-state index contributed by atoms with van der Waals surface area (Å²) < 4.78 is 0. The molecule has 3 N–H and O–H groups in total. The third-order valence-corrected chi connectivity index (χ3v) is 3.39. The van der Waals surface area contributed by atoms with E-state index < -0.39 is 0 Å². The number of aromatic nitrogens is 1. The van der Waals surface area contributed by atoms with E-state index in [0.717, 1.165) is 54.7 Å². The summed E-state index contributed by atoms with van der Waals surface area (Å²) in [6.07, 6.45) is 4.55. The third kappa shape index (κ3) is 1.59. The summed E-state index contributed by atoms with van der Waals surface area (Å²) in [6.45, 7) is 4.00. The number of pyridine rings is 1. The highest BCUT2D eigenvalue weighted by molar-refractivity contribution is 5.60. The van der Waals surface area contributed by atoms with Gasteiger partial charge in [0.15, 0.2) is 0 Å². The maximum atomic E-state index is 9.72. The molecule has 0 spiro atoms. The van der Waals surface area contributed by atoms with Crippen LogP contribution in [0, 0.1) is 0 Å². The van der Waals surface area contributed by atoms with Crippen molar-refractivity contribution in [2.24, 2.45) is 0 Å². The van der Waals surface area contributed by atoms with Gasteiger partial charge in [-0.05, 0) is 43.2 Å². The van der Waals surface area contributed by atoms with E-state index in [-0.39, 0.29) is 6.10 Å². The second-order valence-corrected chi connectivity index (χ2v) is 4.22. The molecule has 16 heavy (non-hydrogen) atoms. The van der Waals surface area contributed by atoms with Crippen LogP contribution in [-0.4, -0.2) is 10.1 Å². The van der Waals surface area contributed by atoms with Gasteiger partial charge in [0, 0.05) is 11.4 Å². The van der Waals surface area contributed by atoms with Crippen molar-refractivity contribution in [3.63, 3.8) is 0 Å². The van der Waals surface area contributed by atoms with Crippen LogP contribution in [0.15, 0.2) is 0 Å². The molecule has 3 rings (SSSR count). The number of aryl methyl sites for hydroxylation is 1. The van der Waals surface area contributed by atoms with Crippen LogP contribution in [0.1, 0.15) is 55.3 Å². The number of hydrogen-bond acceptors (Lipinski definition) is 3. The van der Waals surface area contributed by atoms with E-state index >= 15 is 0 Å². The Labute approximate surface area is 96.7 Å². The summed E-state index contributed by atoms with van der Waals surface area (Å²) in [5.74, 6) is 0. The number of anilines is 1. The highest BCUT2D eigenvalue weighted by Crippen LogP contribution is 2.38. The molecule has 0 radical (unpaired) electrons. The molecule has 0 aromatic carbocycles. The summed E-state index contributed by atoms with van der Waals surface area (Å²) in [6, 6.07) is 0. The largest absolute Gasteiger partial charge is 0.398 e. The number of fused-ring (bicyclic) bond motifs is 2. The fraction of sp³-hybridized carbons (Fsp3) is 0.615. The lowest BCUT2D eigenvalue weighted by Crippen LogP contribution is -2.04. The van der Waals surface area contributed by atoms with Crippen LogP contribution in [0.25, 0.3) is 0 Å². The molecule has 3 heteroatoms. The number of rotatable bonds is 0. The number of aliphatic hydroxyl groups excluding tert-OH is 1. The quantitative estimate of drug-likeness (QED) is 0.704. The topological polar surface area (TPSA) is 59.1 Å². The summed E-state index contributed by atoms with van der Waals surface area (Å²) in [5.41, 5.74) is 11.3. The standard InChI is InChI=1S/C11H14N2O.C2H6/c12-10-6-2-1-3-8(6)13-11-7(10)4-5-9(11)14;1-2/h9,14H,1-5H2,(H2,12,13);1-2H3. The molecule has 1 atom stereocenters. The molecule has 88 valence electrons. The predicted molar refractivity (Wildman–Crippen MR) is 65.3 cm³/mol. The van der Waals surface area contributed by atoms with E-state index in [1.54, 1.807) is 0 Å². The number of hydrogen-bond donors (Lipinski definition) is 2. The molecule has 1 heterocycles. The SMILES string of the molecule is CC.Nc1c2c(nc3c1CCC3O)CCC2. The number of nitrogen functional groups attached to an aromatic ring is 1. The first-order valence-corrected chi connectivity index (χ1v) is 6.25. The van der Waals surface area contributed by atoms with Gasteiger partial charge in [0.25, 0.3) is 0 Å². The molecule has 0 aliphatic heterocycles. The van der Waals surface area contributed by atoms with Gasteiger partial charge in [-0.3, -0.25) is 4.98 Å². The predicted octanol–water partition coefficient (Wildman–Crippen LogP) is 2.16. The molecule has 0 fully saturated rings. The normalized spacial score (nSPS) is 21.1. The maximum Gasteiger partial charge on any atom is 0.0966 e. The summed E-state index contributed by atoms with van der Waals surface area (Å²) >= 11 is 0. The second kappa shape index (κ2) is 4.42. The van der Waals surface area contributed by atoms with E-state index in [0.29, 0.717) is 0 Å². The first-order chi connectivity index (χ1) is 7.77. The molecule has 1 unspecified atom stereocenters. The van der Waals surface area contributed by atoms with Gasteiger partial charge in [0.05, 0.1) is 11.8 Å². The van der Waals surface area contributed by atoms with Crippen molar-refractivity contribution >= 4 is 5.69 Å². The van der Waals surface area contributed by atoms with Gasteiger partial charge in [0.2, 0.25) is 0 Å². The first-order valence-electron chi connectivity index (χ1n) is 6.25. The Balaban J connectivity index is 0.000000457. The van der Waals surface area contributed by atoms with Crippen LogP contribution in [-0.2, 0) is 19.3 Å². The van der Waals surface area contributed by atoms with Gasteiger partial charge in [-0.15, -0.1) is 0 Å². The van der Waals surface area contributed by atoms with Gasteiger partial charge < -0.3 is 10.8 Å². The zero-order valence-corrected chi connectivity index (χ0v) is 10.1. The highest BCUT2D eigenvalue weighted by Gasteiger charge is 2.28. The van der Waals surface area contributed by atoms with Crippen molar-refractivity contribution in [3.8, 4) is 0 Å². The van der Waals surface area contributed by atoms with E-state index in [4.69, 9.17) is 5.73 Å². The zero-order valence-electron chi connectivity index (χ0n) is 10.1. The van der Waals surface area contributed by atoms with Gasteiger partial charge >= 0.3 is 0 Å². The average molecular weight is 220 g/mol. The van der Waals surface area contributed by atoms with E-state index in [1.165, 1.54) is 5.56 Å². The second-order valence-electron chi connectivity index (χ2n) is 4.22. The van der Waals surface area contributed by atoms with Crippen molar-refractivity contribution in [3.05, 3.63) is 22.5 Å². The number of nitrogens with two attached hydrogens (primary N) is 1. The lowest BCUT2D eigenvalue weighted by atomic mass is 10.1. The molecule has 0 saturated carbocycles. The zero-order chi connectivity index (χ0) is 11.7. The lowest BCUT2D eigenvalue weighted by molar-refractivity contribution is 0.175. The van der Waals surface area contributed by atoms with Gasteiger partial charge in [0.1, 0.15) is 0 Å². The Morgan fingerprint density at radius 2 is 1.94 bits per heavy atom. The lowest BCUT2D eigenvalue weighted by Gasteiger charge is -2.10. The minimum absolute atomic E-state index is 0.377. The van der Waals surface area contributed by atoms with Crippen molar-refractivity contribution < 1.29 is 5.11 Å². The van der Waals surface area contributed by atoms with E-state index in [9.17, 15) is 5.11 Å². The minimum atomic E-state index is -0.377. The van der Waals surface area contributed by atoms with Crippen LogP contribution >= 0.6 is 0 Å². The van der Waals surface area contributed by atoms with Crippen molar-refractivity contribution in [2.75, 3.05) is 5.73 Å². The third-order valence-electron chi connectivity index (χ3n) is 3.39. The average Bonchev–Trinajstić information content (AvgIpc) is 2.90. The fourth-order valence-electron chi connectivity index (χ4n) is 2.63. The molecule has 0 saturated heterocycles. The minimum Gasteiger partial charge on any atom is -0.398 e. The Hall–Kier alpha value is -1.09. The maximum absolute atomic E-state index is 9.72. The Morgan fingerprint density at radius 1 is 1.19 bits per heavy atom. The summed E-state index contributed by atoms with van der Waals surface area (Å²) in [4.78, 5) is 4.55. The molecule has 0 bridgehead atoms. The molecule has 2 aliphatic rings. The van der Waals surface area contributed by atoms with Gasteiger partial charge in [-0.1, -0.05) is 13.8 Å². The molecule has 2 aliphatic carbocycles. The van der Waals surface area contributed by atoms with Crippen LogP contribution in [0.5, 0.6) is 0 Å². The molecule has 0 amide bonds. The summed E-state index contributed by atoms with van der Waals surface area (Å²) in [7, 11) is 0. The number of nitrogens with zero attached hydrogens (tertiary/aromatic N) is 1. The van der Waals surface area contributed by atoms with Crippen LogP contribution < -0.4 is 5.73 Å². The Kier molecular flexibility index (Phi) is 3.15. The Morgan fingerprint density at radius 3 is 2.69 bits per heavy atom. The molecule has 1 aromatic heterocycles. The monoisotopic (exact) mass is 220 g/mol.